The Labute approximate surface area is 246 Å². The second-order valence-electron chi connectivity index (χ2n) is 9.56. The highest BCUT2D eigenvalue weighted by molar-refractivity contribution is 8.18. The van der Waals surface area contributed by atoms with E-state index in [1.807, 2.05) is 12.1 Å². The van der Waals surface area contributed by atoms with Gasteiger partial charge in [-0.1, -0.05) is 12.1 Å². The number of amidine groups is 1. The molecule has 0 radical (unpaired) electrons. The lowest BCUT2D eigenvalue weighted by atomic mass is 10.0. The minimum Gasteiger partial charge on any atom is -0.493 e. The molecular formula is C29H24F6N4O3S. The topological polar surface area (TPSA) is 67.3 Å². The van der Waals surface area contributed by atoms with E-state index in [9.17, 15) is 31.1 Å². The van der Waals surface area contributed by atoms with Crippen molar-refractivity contribution in [2.75, 3.05) is 38.2 Å². The highest BCUT2D eigenvalue weighted by atomic mass is 32.2. The maximum atomic E-state index is 13.5. The number of methoxy groups -OCH3 is 1. The quantitative estimate of drug-likeness (QED) is 0.230. The molecule has 43 heavy (non-hydrogen) atoms. The number of halogens is 6. The molecule has 0 unspecified atom stereocenters. The summed E-state index contributed by atoms with van der Waals surface area (Å²) in [6.07, 6.45) is -4.83. The summed E-state index contributed by atoms with van der Waals surface area (Å²) in [7, 11) is 1.33. The summed E-state index contributed by atoms with van der Waals surface area (Å²) in [5.74, 6) is -0.149. The van der Waals surface area contributed by atoms with Crippen molar-refractivity contribution in [3.8, 4) is 11.5 Å². The van der Waals surface area contributed by atoms with E-state index in [1.54, 1.807) is 30.6 Å². The van der Waals surface area contributed by atoms with E-state index in [0.29, 0.717) is 34.8 Å². The number of ether oxygens (including phenoxy) is 2. The van der Waals surface area contributed by atoms with Crippen molar-refractivity contribution in [1.29, 1.82) is 0 Å². The van der Waals surface area contributed by atoms with Crippen LogP contribution in [0.5, 0.6) is 11.5 Å². The van der Waals surface area contributed by atoms with Crippen LogP contribution in [-0.4, -0.2) is 54.2 Å². The average Bonchev–Trinajstić information content (AvgIpc) is 3.35. The number of aromatic nitrogens is 1. The predicted octanol–water partition coefficient (Wildman–Crippen LogP) is 6.50. The summed E-state index contributed by atoms with van der Waals surface area (Å²) in [6.45, 7) is 2.23. The minimum atomic E-state index is -5.01. The lowest BCUT2D eigenvalue weighted by Gasteiger charge is -2.36. The molecule has 1 aromatic heterocycles. The van der Waals surface area contributed by atoms with E-state index in [0.717, 1.165) is 24.8 Å². The van der Waals surface area contributed by atoms with Gasteiger partial charge >= 0.3 is 12.4 Å². The van der Waals surface area contributed by atoms with Crippen LogP contribution >= 0.6 is 11.8 Å². The number of anilines is 1. The number of nitrogens with zero attached hydrogens (tertiary/aromatic N) is 4. The molecule has 0 spiro atoms. The van der Waals surface area contributed by atoms with Gasteiger partial charge in [0, 0.05) is 49.8 Å². The van der Waals surface area contributed by atoms with E-state index in [4.69, 9.17) is 9.47 Å². The number of piperazine rings is 1. The number of benzene rings is 2. The summed E-state index contributed by atoms with van der Waals surface area (Å²) < 4.78 is 90.3. The number of hydrogen-bond donors (Lipinski definition) is 0. The zero-order valence-electron chi connectivity index (χ0n) is 22.6. The molecule has 0 N–H and O–H groups in total. The van der Waals surface area contributed by atoms with Gasteiger partial charge in [-0.05, 0) is 59.8 Å². The predicted molar refractivity (Wildman–Crippen MR) is 150 cm³/mol. The van der Waals surface area contributed by atoms with Crippen LogP contribution in [0.3, 0.4) is 0 Å². The van der Waals surface area contributed by atoms with E-state index < -0.39 is 41.6 Å². The molecule has 226 valence electrons. The van der Waals surface area contributed by atoms with Crippen molar-refractivity contribution >= 4 is 34.6 Å². The van der Waals surface area contributed by atoms with Crippen LogP contribution in [0.15, 0.2) is 70.8 Å². The third-order valence-electron chi connectivity index (χ3n) is 6.80. The molecule has 5 rings (SSSR count). The fraction of sp³-hybridized carbons (Fsp3) is 0.276. The lowest BCUT2D eigenvalue weighted by Crippen LogP contribution is -2.47. The molecule has 7 nitrogen and oxygen atoms in total. The van der Waals surface area contributed by atoms with Gasteiger partial charge in [0.2, 0.25) is 0 Å². The Hall–Kier alpha value is -4.20. The fourth-order valence-corrected chi connectivity index (χ4v) is 5.55. The zero-order valence-corrected chi connectivity index (χ0v) is 23.4. The van der Waals surface area contributed by atoms with Crippen molar-refractivity contribution < 1.29 is 40.6 Å². The normalized spacial score (nSPS) is 17.0. The molecule has 0 bridgehead atoms. The van der Waals surface area contributed by atoms with E-state index >= 15 is 0 Å². The largest absolute Gasteiger partial charge is 0.493 e. The number of hydrogen-bond acceptors (Lipinski definition) is 7. The summed E-state index contributed by atoms with van der Waals surface area (Å²) in [6, 6.07) is 9.86. The zero-order chi connectivity index (χ0) is 30.8. The molecule has 0 aliphatic carbocycles. The van der Waals surface area contributed by atoms with Crippen molar-refractivity contribution in [1.82, 2.24) is 9.88 Å². The number of carbonyl (C=O) groups is 1. The molecule has 2 aliphatic rings. The maximum Gasteiger partial charge on any atom is 0.416 e. The minimum absolute atomic E-state index is 0.0682. The number of alkyl halides is 6. The fourth-order valence-electron chi connectivity index (χ4n) is 4.59. The molecule has 14 heteroatoms. The van der Waals surface area contributed by atoms with Crippen molar-refractivity contribution in [3.63, 3.8) is 0 Å². The van der Waals surface area contributed by atoms with E-state index in [1.165, 1.54) is 24.9 Å². The Bertz CT molecular complexity index is 1550. The Morgan fingerprint density at radius 2 is 1.58 bits per heavy atom. The SMILES string of the molecule is COc1cc(C=C2SC(N3CCN(c4ccncc4)CC3)=NC2=O)ccc1OCc1ccc(C(F)(F)F)cc1C(F)(F)F. The highest BCUT2D eigenvalue weighted by Crippen LogP contribution is 2.39. The molecule has 1 saturated heterocycles. The average molecular weight is 623 g/mol. The number of aliphatic imine (C=N–C) groups is 1. The molecule has 0 atom stereocenters. The highest BCUT2D eigenvalue weighted by Gasteiger charge is 2.38. The molecule has 3 heterocycles. The molecular weight excluding hydrogens is 598 g/mol. The molecule has 3 aromatic rings. The van der Waals surface area contributed by atoms with Gasteiger partial charge in [0.05, 0.1) is 23.1 Å². The monoisotopic (exact) mass is 622 g/mol. The molecule has 2 aromatic carbocycles. The number of carbonyl (C=O) groups excluding carboxylic acids is 1. The van der Waals surface area contributed by atoms with Gasteiger partial charge in [0.15, 0.2) is 16.7 Å². The molecule has 2 aliphatic heterocycles. The second kappa shape index (κ2) is 12.2. The van der Waals surface area contributed by atoms with Crippen LogP contribution in [0.1, 0.15) is 22.3 Å². The van der Waals surface area contributed by atoms with Crippen LogP contribution < -0.4 is 14.4 Å². The summed E-state index contributed by atoms with van der Waals surface area (Å²) >= 11 is 1.25. The molecule has 0 saturated carbocycles. The Morgan fingerprint density at radius 1 is 0.884 bits per heavy atom. The summed E-state index contributed by atoms with van der Waals surface area (Å²) in [4.78, 5) is 25.6. The lowest BCUT2D eigenvalue weighted by molar-refractivity contribution is -0.143. The number of rotatable bonds is 6. The smallest absolute Gasteiger partial charge is 0.416 e. The molecule has 1 amide bonds. The third-order valence-corrected chi connectivity index (χ3v) is 7.84. The standard InChI is InChI=1S/C29H24F6N4O3S/c1-41-24-14-18(2-5-23(24)42-17-19-3-4-20(28(30,31)32)16-22(19)29(33,34)35)15-25-26(40)37-27(43-25)39-12-10-38(11-13-39)21-6-8-36-9-7-21/h2-9,14-16H,10-13,17H2,1H3. The van der Waals surface area contributed by atoms with Crippen LogP contribution in [0, 0.1) is 0 Å². The van der Waals surface area contributed by atoms with Crippen molar-refractivity contribution in [2.45, 2.75) is 19.0 Å². The van der Waals surface area contributed by atoms with Gasteiger partial charge in [0.1, 0.15) is 6.61 Å². The first-order chi connectivity index (χ1) is 20.4. The van der Waals surface area contributed by atoms with Crippen LogP contribution in [0.4, 0.5) is 32.0 Å². The summed E-state index contributed by atoms with van der Waals surface area (Å²) in [5, 5.41) is 0.606. The van der Waals surface area contributed by atoms with Crippen molar-refractivity contribution in [3.05, 3.63) is 88.1 Å². The summed E-state index contributed by atoms with van der Waals surface area (Å²) in [5.41, 5.74) is -1.67. The maximum absolute atomic E-state index is 13.5. The first-order valence-corrected chi connectivity index (χ1v) is 13.7. The number of amides is 1. The Morgan fingerprint density at radius 3 is 2.23 bits per heavy atom. The van der Waals surface area contributed by atoms with Gasteiger partial charge in [-0.25, -0.2) is 0 Å². The van der Waals surface area contributed by atoms with Gasteiger partial charge in [-0.2, -0.15) is 31.3 Å². The van der Waals surface area contributed by atoms with Gasteiger partial charge in [0.25, 0.3) is 5.91 Å². The first kappa shape index (κ1) is 30.3. The van der Waals surface area contributed by atoms with Crippen LogP contribution in [0.2, 0.25) is 0 Å². The van der Waals surface area contributed by atoms with Crippen molar-refractivity contribution in [2.24, 2.45) is 4.99 Å². The number of thioether (sulfide) groups is 1. The van der Waals surface area contributed by atoms with Crippen LogP contribution in [-0.2, 0) is 23.8 Å². The second-order valence-corrected chi connectivity index (χ2v) is 10.6. The molecule has 1 fully saturated rings. The third kappa shape index (κ3) is 7.07. The van der Waals surface area contributed by atoms with Gasteiger partial charge in [-0.3, -0.25) is 9.78 Å². The number of pyridine rings is 1. The van der Waals surface area contributed by atoms with E-state index in [-0.39, 0.29) is 17.6 Å². The Kier molecular flexibility index (Phi) is 8.58. The van der Waals surface area contributed by atoms with Gasteiger partial charge < -0.3 is 19.3 Å². The van der Waals surface area contributed by atoms with Gasteiger partial charge in [-0.15, -0.1) is 0 Å². The Balaban J connectivity index is 1.25. The van der Waals surface area contributed by atoms with E-state index in [2.05, 4.69) is 19.8 Å². The first-order valence-electron chi connectivity index (χ1n) is 12.9. The van der Waals surface area contributed by atoms with Crippen LogP contribution in [0.25, 0.3) is 6.08 Å².